The number of hydrogen-bond acceptors (Lipinski definition) is 5. The molecule has 0 aromatic carbocycles. The van der Waals surface area contributed by atoms with E-state index in [1.54, 1.807) is 0 Å². The lowest BCUT2D eigenvalue weighted by atomic mass is 10.1. The summed E-state index contributed by atoms with van der Waals surface area (Å²) in [5.74, 6) is 0. The molecule has 1 heterocycles. The fourth-order valence-corrected chi connectivity index (χ4v) is 1.27. The van der Waals surface area contributed by atoms with Crippen LogP contribution < -0.4 is 0 Å². The Hall–Kier alpha value is -0.200. The van der Waals surface area contributed by atoms with Crippen molar-refractivity contribution < 1.29 is 24.8 Å². The molecule has 0 spiro atoms. The van der Waals surface area contributed by atoms with Crippen LogP contribution in [0.5, 0.6) is 0 Å². The maximum atomic E-state index is 9.32. The highest BCUT2D eigenvalue weighted by Gasteiger charge is 2.39. The molecule has 0 bridgehead atoms. The van der Waals surface area contributed by atoms with Crippen LogP contribution in [0.1, 0.15) is 0 Å². The highest BCUT2D eigenvalue weighted by atomic mass is 16.6. The molecule has 3 N–H and O–H groups in total. The molecule has 0 unspecified atom stereocenters. The summed E-state index contributed by atoms with van der Waals surface area (Å²) in [7, 11) is 1.42. The first-order valence-corrected chi connectivity index (χ1v) is 3.82. The average Bonchev–Trinajstić information content (AvgIpc) is 2.38. The lowest BCUT2D eigenvalue weighted by molar-refractivity contribution is -0.0855. The molecular weight excluding hydrogens is 164 g/mol. The van der Waals surface area contributed by atoms with Crippen molar-refractivity contribution in [1.82, 2.24) is 0 Å². The highest BCUT2D eigenvalue weighted by molar-refractivity contribution is 4.88. The van der Waals surface area contributed by atoms with Crippen LogP contribution in [-0.2, 0) is 9.47 Å². The molecule has 12 heavy (non-hydrogen) atoms. The Labute approximate surface area is 70.5 Å². The molecule has 5 heteroatoms. The van der Waals surface area contributed by atoms with Gasteiger partial charge in [0.1, 0.15) is 24.4 Å². The topological polar surface area (TPSA) is 79.2 Å². The van der Waals surface area contributed by atoms with E-state index in [1.807, 2.05) is 0 Å². The minimum absolute atomic E-state index is 0.0890. The number of ether oxygens (including phenoxy) is 2. The second kappa shape index (κ2) is 4.15. The van der Waals surface area contributed by atoms with Gasteiger partial charge in [-0.1, -0.05) is 0 Å². The van der Waals surface area contributed by atoms with E-state index < -0.39 is 24.4 Å². The van der Waals surface area contributed by atoms with Crippen LogP contribution in [0.15, 0.2) is 0 Å². The van der Waals surface area contributed by atoms with Crippen molar-refractivity contribution in [2.24, 2.45) is 0 Å². The van der Waals surface area contributed by atoms with Crippen LogP contribution in [0.25, 0.3) is 0 Å². The van der Waals surface area contributed by atoms with Crippen LogP contribution in [0, 0.1) is 0 Å². The Morgan fingerprint density at radius 2 is 2.25 bits per heavy atom. The van der Waals surface area contributed by atoms with Gasteiger partial charge in [-0.15, -0.1) is 0 Å². The summed E-state index contributed by atoms with van der Waals surface area (Å²) in [6.07, 6.45) is -3.05. The zero-order valence-electron chi connectivity index (χ0n) is 6.88. The fourth-order valence-electron chi connectivity index (χ4n) is 1.27. The zero-order valence-corrected chi connectivity index (χ0v) is 6.88. The Kier molecular flexibility index (Phi) is 3.42. The third kappa shape index (κ3) is 1.75. The molecule has 4 atom stereocenters. The highest BCUT2D eigenvalue weighted by Crippen LogP contribution is 2.18. The lowest BCUT2D eigenvalue weighted by Gasteiger charge is -2.22. The first-order chi connectivity index (χ1) is 5.70. The standard InChI is InChI=1S/C7H14O5/c1-11-5(2-8)7-6(10)4(9)3-12-7/h4-10H,2-3H2,1H3/t4-,5+,6+,7-/m0/s1. The van der Waals surface area contributed by atoms with Crippen molar-refractivity contribution in [1.29, 1.82) is 0 Å². The molecule has 1 aliphatic heterocycles. The van der Waals surface area contributed by atoms with E-state index in [0.717, 1.165) is 0 Å². The van der Waals surface area contributed by atoms with E-state index in [4.69, 9.17) is 19.7 Å². The summed E-state index contributed by atoms with van der Waals surface area (Å²) in [6.45, 7) is -0.142. The van der Waals surface area contributed by atoms with Gasteiger partial charge in [0.05, 0.1) is 13.2 Å². The van der Waals surface area contributed by atoms with E-state index in [-0.39, 0.29) is 13.2 Å². The first-order valence-electron chi connectivity index (χ1n) is 3.82. The average molecular weight is 178 g/mol. The molecule has 72 valence electrons. The predicted molar refractivity (Wildman–Crippen MR) is 39.6 cm³/mol. The molecule has 1 fully saturated rings. The normalized spacial score (nSPS) is 38.5. The van der Waals surface area contributed by atoms with Crippen molar-refractivity contribution >= 4 is 0 Å². The first kappa shape index (κ1) is 9.88. The van der Waals surface area contributed by atoms with Gasteiger partial charge in [0.25, 0.3) is 0 Å². The van der Waals surface area contributed by atoms with Gasteiger partial charge >= 0.3 is 0 Å². The van der Waals surface area contributed by atoms with Gasteiger partial charge in [0.2, 0.25) is 0 Å². The van der Waals surface area contributed by atoms with Crippen molar-refractivity contribution in [2.75, 3.05) is 20.3 Å². The van der Waals surface area contributed by atoms with E-state index in [0.29, 0.717) is 0 Å². The van der Waals surface area contributed by atoms with Gasteiger partial charge in [0, 0.05) is 7.11 Å². The molecule has 0 radical (unpaired) electrons. The van der Waals surface area contributed by atoms with Crippen molar-refractivity contribution in [3.8, 4) is 0 Å². The zero-order chi connectivity index (χ0) is 9.14. The summed E-state index contributed by atoms with van der Waals surface area (Å²) in [4.78, 5) is 0. The van der Waals surface area contributed by atoms with Gasteiger partial charge in [-0.2, -0.15) is 0 Å². The van der Waals surface area contributed by atoms with E-state index >= 15 is 0 Å². The second-order valence-electron chi connectivity index (χ2n) is 2.81. The fraction of sp³-hybridized carbons (Fsp3) is 1.00. The number of methoxy groups -OCH3 is 1. The summed E-state index contributed by atoms with van der Waals surface area (Å²) in [5, 5.41) is 27.2. The van der Waals surface area contributed by atoms with Crippen LogP contribution >= 0.6 is 0 Å². The number of aliphatic hydroxyl groups excluding tert-OH is 3. The molecule has 0 aromatic heterocycles. The molecule has 1 rings (SSSR count). The summed E-state index contributed by atoms with van der Waals surface area (Å²) in [5.41, 5.74) is 0. The van der Waals surface area contributed by atoms with E-state index in [2.05, 4.69) is 0 Å². The van der Waals surface area contributed by atoms with Gasteiger partial charge < -0.3 is 24.8 Å². The Morgan fingerprint density at radius 3 is 2.58 bits per heavy atom. The van der Waals surface area contributed by atoms with Crippen LogP contribution in [-0.4, -0.2) is 60.1 Å². The molecule has 1 aliphatic rings. The van der Waals surface area contributed by atoms with Crippen LogP contribution in [0.3, 0.4) is 0 Å². The van der Waals surface area contributed by atoms with Gasteiger partial charge in [-0.05, 0) is 0 Å². The monoisotopic (exact) mass is 178 g/mol. The predicted octanol–water partition coefficient (Wildman–Crippen LogP) is -1.89. The van der Waals surface area contributed by atoms with Gasteiger partial charge in [-0.3, -0.25) is 0 Å². The lowest BCUT2D eigenvalue weighted by Crippen LogP contribution is -2.41. The Morgan fingerprint density at radius 1 is 1.58 bits per heavy atom. The van der Waals surface area contributed by atoms with Gasteiger partial charge in [-0.25, -0.2) is 0 Å². The van der Waals surface area contributed by atoms with Crippen molar-refractivity contribution in [3.63, 3.8) is 0 Å². The molecular formula is C7H14O5. The van der Waals surface area contributed by atoms with E-state index in [9.17, 15) is 5.11 Å². The largest absolute Gasteiger partial charge is 0.394 e. The van der Waals surface area contributed by atoms with Crippen molar-refractivity contribution in [3.05, 3.63) is 0 Å². The molecule has 0 aromatic rings. The molecule has 5 nitrogen and oxygen atoms in total. The SMILES string of the molecule is CO[C@H](CO)[C@@H]1OC[C@H](O)[C@H]1O. The number of hydrogen-bond donors (Lipinski definition) is 3. The van der Waals surface area contributed by atoms with Crippen LogP contribution in [0.4, 0.5) is 0 Å². The molecule has 0 aliphatic carbocycles. The van der Waals surface area contributed by atoms with E-state index in [1.165, 1.54) is 7.11 Å². The smallest absolute Gasteiger partial charge is 0.114 e. The molecule has 0 amide bonds. The van der Waals surface area contributed by atoms with Crippen LogP contribution in [0.2, 0.25) is 0 Å². The van der Waals surface area contributed by atoms with Crippen molar-refractivity contribution in [2.45, 2.75) is 24.4 Å². The Balaban J connectivity index is 2.51. The summed E-state index contributed by atoms with van der Waals surface area (Å²) in [6, 6.07) is 0. The summed E-state index contributed by atoms with van der Waals surface area (Å²) < 4.78 is 9.89. The third-order valence-electron chi connectivity index (χ3n) is 2.04. The number of rotatable bonds is 3. The number of aliphatic hydroxyl groups is 3. The quantitative estimate of drug-likeness (QED) is 0.471. The minimum Gasteiger partial charge on any atom is -0.394 e. The maximum Gasteiger partial charge on any atom is 0.114 e. The molecule has 0 saturated carbocycles. The third-order valence-corrected chi connectivity index (χ3v) is 2.04. The Bertz CT molecular complexity index is 136. The minimum atomic E-state index is -0.970. The second-order valence-corrected chi connectivity index (χ2v) is 2.81. The molecule has 1 saturated heterocycles. The summed E-state index contributed by atoms with van der Waals surface area (Å²) >= 11 is 0. The maximum absolute atomic E-state index is 9.32. The van der Waals surface area contributed by atoms with Gasteiger partial charge in [0.15, 0.2) is 0 Å².